The first-order valence-corrected chi connectivity index (χ1v) is 9.80. The SMILES string of the molecule is CC1=C(C(=O)Nc2cc(Cl)ccc2Cl)C(c2ccoc2)C2C(=O)CCCC2=N1. The molecule has 1 amide bonds. The van der Waals surface area contributed by atoms with Crippen molar-refractivity contribution in [2.24, 2.45) is 10.9 Å². The minimum atomic E-state index is -0.439. The lowest BCUT2D eigenvalue weighted by atomic mass is 9.70. The number of halogens is 2. The molecule has 5 nitrogen and oxygen atoms in total. The highest BCUT2D eigenvalue weighted by atomic mass is 35.5. The van der Waals surface area contributed by atoms with Gasteiger partial charge in [-0.3, -0.25) is 14.6 Å². The van der Waals surface area contributed by atoms with Crippen molar-refractivity contribution in [2.45, 2.75) is 32.1 Å². The lowest BCUT2D eigenvalue weighted by molar-refractivity contribution is -0.122. The van der Waals surface area contributed by atoms with Gasteiger partial charge in [0.15, 0.2) is 0 Å². The summed E-state index contributed by atoms with van der Waals surface area (Å²) in [7, 11) is 0. The Bertz CT molecular complexity index is 1010. The molecule has 1 saturated carbocycles. The van der Waals surface area contributed by atoms with E-state index in [-0.39, 0.29) is 11.7 Å². The number of carbonyl (C=O) groups is 2. The predicted molar refractivity (Wildman–Crippen MR) is 109 cm³/mol. The van der Waals surface area contributed by atoms with Gasteiger partial charge in [-0.2, -0.15) is 0 Å². The minimum Gasteiger partial charge on any atom is -0.472 e. The summed E-state index contributed by atoms with van der Waals surface area (Å²) in [6, 6.07) is 6.66. The third-order valence-corrected chi connectivity index (χ3v) is 5.80. The topological polar surface area (TPSA) is 71.7 Å². The lowest BCUT2D eigenvalue weighted by Gasteiger charge is -2.35. The molecule has 0 saturated heterocycles. The molecule has 1 aliphatic heterocycles. The van der Waals surface area contributed by atoms with Crippen molar-refractivity contribution < 1.29 is 14.0 Å². The van der Waals surface area contributed by atoms with Crippen molar-refractivity contribution in [3.8, 4) is 0 Å². The Balaban J connectivity index is 1.77. The first-order valence-electron chi connectivity index (χ1n) is 9.05. The molecule has 0 radical (unpaired) electrons. The molecule has 144 valence electrons. The Morgan fingerprint density at radius 3 is 2.79 bits per heavy atom. The van der Waals surface area contributed by atoms with Crippen LogP contribution in [0, 0.1) is 5.92 Å². The Kier molecular flexibility index (Phi) is 5.13. The molecule has 1 N–H and O–H groups in total. The highest BCUT2D eigenvalue weighted by Crippen LogP contribution is 2.43. The summed E-state index contributed by atoms with van der Waals surface area (Å²) in [5, 5.41) is 3.67. The van der Waals surface area contributed by atoms with E-state index in [2.05, 4.69) is 10.3 Å². The highest BCUT2D eigenvalue weighted by Gasteiger charge is 2.43. The van der Waals surface area contributed by atoms with Crippen LogP contribution in [-0.4, -0.2) is 17.4 Å². The second-order valence-corrected chi connectivity index (χ2v) is 7.86. The number of amides is 1. The second-order valence-electron chi connectivity index (χ2n) is 7.01. The molecule has 0 spiro atoms. The van der Waals surface area contributed by atoms with Crippen LogP contribution in [0.25, 0.3) is 0 Å². The standard InChI is InChI=1S/C21H18Cl2N2O3/c1-11-18(21(27)25-16-9-13(22)5-6-14(16)23)19(12-7-8-28-10-12)20-15(24-11)3-2-4-17(20)26/h5-10,19-20H,2-4H2,1H3,(H,25,27). The second kappa shape index (κ2) is 7.57. The Morgan fingerprint density at radius 1 is 1.21 bits per heavy atom. The van der Waals surface area contributed by atoms with Gasteiger partial charge >= 0.3 is 0 Å². The van der Waals surface area contributed by atoms with Crippen LogP contribution >= 0.6 is 23.2 Å². The zero-order valence-electron chi connectivity index (χ0n) is 15.2. The maximum atomic E-state index is 13.2. The van der Waals surface area contributed by atoms with E-state index in [1.165, 1.54) is 0 Å². The van der Waals surface area contributed by atoms with Gasteiger partial charge in [0.1, 0.15) is 5.78 Å². The summed E-state index contributed by atoms with van der Waals surface area (Å²) < 4.78 is 5.26. The fourth-order valence-electron chi connectivity index (χ4n) is 4.01. The molecule has 2 heterocycles. The number of furan rings is 1. The van der Waals surface area contributed by atoms with E-state index in [9.17, 15) is 9.59 Å². The molecule has 28 heavy (non-hydrogen) atoms. The summed E-state index contributed by atoms with van der Waals surface area (Å²) in [5.74, 6) is -1.12. The largest absolute Gasteiger partial charge is 0.472 e. The molecule has 1 aromatic heterocycles. The molecule has 2 aromatic rings. The number of ketones is 1. The average Bonchev–Trinajstić information content (AvgIpc) is 3.18. The molecule has 1 fully saturated rings. The monoisotopic (exact) mass is 416 g/mol. The summed E-state index contributed by atoms with van der Waals surface area (Å²) in [6.07, 6.45) is 5.18. The third-order valence-electron chi connectivity index (χ3n) is 5.23. The molecule has 1 aromatic carbocycles. The number of benzene rings is 1. The van der Waals surface area contributed by atoms with Crippen molar-refractivity contribution in [3.63, 3.8) is 0 Å². The smallest absolute Gasteiger partial charge is 0.254 e. The van der Waals surface area contributed by atoms with Crippen molar-refractivity contribution in [2.75, 3.05) is 5.32 Å². The predicted octanol–water partition coefficient (Wildman–Crippen LogP) is 5.41. The van der Waals surface area contributed by atoms with Gasteiger partial charge in [-0.1, -0.05) is 23.2 Å². The molecule has 0 bridgehead atoms. The van der Waals surface area contributed by atoms with Crippen LogP contribution in [-0.2, 0) is 9.59 Å². The van der Waals surface area contributed by atoms with E-state index in [1.807, 2.05) is 0 Å². The summed E-state index contributed by atoms with van der Waals surface area (Å²) in [6.45, 7) is 1.80. The zero-order valence-corrected chi connectivity index (χ0v) is 16.7. The summed E-state index contributed by atoms with van der Waals surface area (Å²) in [4.78, 5) is 30.6. The number of rotatable bonds is 3. The lowest BCUT2D eigenvalue weighted by Crippen LogP contribution is -2.39. The molecule has 2 unspecified atom stereocenters. The van der Waals surface area contributed by atoms with Gasteiger partial charge in [0.25, 0.3) is 5.91 Å². The van der Waals surface area contributed by atoms with Crippen molar-refractivity contribution >= 4 is 46.3 Å². The molecule has 4 rings (SSSR count). The fourth-order valence-corrected chi connectivity index (χ4v) is 4.35. The van der Waals surface area contributed by atoms with Crippen LogP contribution in [0.15, 0.2) is 57.5 Å². The average molecular weight is 417 g/mol. The molecular formula is C21H18Cl2N2O3. The number of nitrogens with zero attached hydrogens (tertiary/aromatic N) is 1. The third kappa shape index (κ3) is 3.40. The normalized spacial score (nSPS) is 22.0. The summed E-state index contributed by atoms with van der Waals surface area (Å²) >= 11 is 12.2. The van der Waals surface area contributed by atoms with E-state index >= 15 is 0 Å². The van der Waals surface area contributed by atoms with E-state index in [0.29, 0.717) is 33.4 Å². The van der Waals surface area contributed by atoms with Crippen molar-refractivity contribution in [3.05, 3.63) is 63.7 Å². The first-order chi connectivity index (χ1) is 13.5. The maximum Gasteiger partial charge on any atom is 0.254 e. The van der Waals surface area contributed by atoms with Gasteiger partial charge in [0.2, 0.25) is 0 Å². The van der Waals surface area contributed by atoms with Crippen molar-refractivity contribution in [1.29, 1.82) is 0 Å². The highest BCUT2D eigenvalue weighted by molar-refractivity contribution is 6.36. The van der Waals surface area contributed by atoms with E-state index in [0.717, 1.165) is 24.1 Å². The minimum absolute atomic E-state index is 0.106. The van der Waals surface area contributed by atoms with Gasteiger partial charge in [-0.05, 0) is 49.6 Å². The Morgan fingerprint density at radius 2 is 2.04 bits per heavy atom. The van der Waals surface area contributed by atoms with Gasteiger partial charge in [-0.15, -0.1) is 0 Å². The van der Waals surface area contributed by atoms with Gasteiger partial charge in [0, 0.05) is 34.3 Å². The Labute approximate surface area is 172 Å². The van der Waals surface area contributed by atoms with Crippen LogP contribution in [0.3, 0.4) is 0 Å². The van der Waals surface area contributed by atoms with Crippen molar-refractivity contribution in [1.82, 2.24) is 0 Å². The van der Waals surface area contributed by atoms with Crippen LogP contribution in [0.1, 0.15) is 37.7 Å². The van der Waals surface area contributed by atoms with Gasteiger partial charge in [0.05, 0.1) is 29.2 Å². The van der Waals surface area contributed by atoms with E-state index in [1.54, 1.807) is 43.7 Å². The van der Waals surface area contributed by atoms with Crippen LogP contribution < -0.4 is 5.32 Å². The first kappa shape index (κ1) is 19.0. The quantitative estimate of drug-likeness (QED) is 0.726. The number of hydrogen-bond acceptors (Lipinski definition) is 4. The molecule has 7 heteroatoms. The number of carbonyl (C=O) groups excluding carboxylic acids is 2. The Hall–Kier alpha value is -2.37. The number of fused-ring (bicyclic) bond motifs is 1. The number of allylic oxidation sites excluding steroid dienone is 1. The number of nitrogens with one attached hydrogen (secondary N) is 1. The zero-order chi connectivity index (χ0) is 19.8. The molecular weight excluding hydrogens is 399 g/mol. The summed E-state index contributed by atoms with van der Waals surface area (Å²) in [5.41, 5.74) is 3.09. The van der Waals surface area contributed by atoms with Crippen LogP contribution in [0.2, 0.25) is 10.0 Å². The number of aliphatic imine (C=N–C) groups is 1. The molecule has 2 atom stereocenters. The van der Waals surface area contributed by atoms with Gasteiger partial charge < -0.3 is 9.73 Å². The van der Waals surface area contributed by atoms with Gasteiger partial charge in [-0.25, -0.2) is 0 Å². The van der Waals surface area contributed by atoms with E-state index < -0.39 is 11.8 Å². The van der Waals surface area contributed by atoms with Crippen LogP contribution in [0.5, 0.6) is 0 Å². The number of Topliss-reactive ketones (excluding diaryl/α,β-unsaturated/α-hetero) is 1. The molecule has 1 aliphatic carbocycles. The number of hydrogen-bond donors (Lipinski definition) is 1. The maximum absolute atomic E-state index is 13.2. The van der Waals surface area contributed by atoms with E-state index in [4.69, 9.17) is 27.6 Å². The number of anilines is 1. The van der Waals surface area contributed by atoms with Crippen LogP contribution in [0.4, 0.5) is 5.69 Å². The molecule has 2 aliphatic rings. The fraction of sp³-hybridized carbons (Fsp3) is 0.286.